The Balaban J connectivity index is 2.16. The molecule has 1 N–H and O–H groups in total. The molecule has 1 heterocycles. The van der Waals surface area contributed by atoms with E-state index < -0.39 is 0 Å². The number of rotatable bonds is 3. The van der Waals surface area contributed by atoms with Crippen LogP contribution in [0.3, 0.4) is 0 Å². The van der Waals surface area contributed by atoms with E-state index in [0.717, 1.165) is 30.8 Å². The lowest BCUT2D eigenvalue weighted by molar-refractivity contribution is 0.376. The first-order chi connectivity index (χ1) is 8.18. The van der Waals surface area contributed by atoms with Gasteiger partial charge in [-0.25, -0.2) is 4.39 Å². The second-order valence-electron chi connectivity index (χ2n) is 5.06. The summed E-state index contributed by atoms with van der Waals surface area (Å²) >= 11 is 0. The fraction of sp³-hybridized carbons (Fsp3) is 0.571. The summed E-state index contributed by atoms with van der Waals surface area (Å²) < 4.78 is 13.8. The van der Waals surface area contributed by atoms with Crippen molar-refractivity contribution in [2.45, 2.75) is 19.3 Å². The molecule has 0 saturated carbocycles. The minimum Gasteiger partial charge on any atom is -0.375 e. The predicted octanol–water partition coefficient (Wildman–Crippen LogP) is 2.43. The van der Waals surface area contributed by atoms with Crippen molar-refractivity contribution in [2.75, 3.05) is 32.1 Å². The fourth-order valence-electron chi connectivity index (χ4n) is 2.63. The molecule has 2 nitrogen and oxygen atoms in total. The van der Waals surface area contributed by atoms with Crippen molar-refractivity contribution < 1.29 is 4.39 Å². The van der Waals surface area contributed by atoms with E-state index in [1.165, 1.54) is 18.9 Å². The van der Waals surface area contributed by atoms with E-state index in [-0.39, 0.29) is 5.82 Å². The smallest absolute Gasteiger partial charge is 0.146 e. The number of piperidine rings is 1. The molecule has 1 saturated heterocycles. The van der Waals surface area contributed by atoms with Gasteiger partial charge in [-0.3, -0.25) is 0 Å². The molecule has 0 radical (unpaired) electrons. The molecule has 1 aromatic rings. The summed E-state index contributed by atoms with van der Waals surface area (Å²) in [6.45, 7) is 2.18. The molecule has 1 aromatic carbocycles. The van der Waals surface area contributed by atoms with Crippen molar-refractivity contribution >= 4 is 5.69 Å². The van der Waals surface area contributed by atoms with E-state index >= 15 is 0 Å². The van der Waals surface area contributed by atoms with Crippen LogP contribution in [-0.2, 0) is 6.42 Å². The minimum absolute atomic E-state index is 0.115. The Morgan fingerprint density at radius 2 is 2.24 bits per heavy atom. The summed E-state index contributed by atoms with van der Waals surface area (Å²) in [5.41, 5.74) is 1.88. The zero-order valence-corrected chi connectivity index (χ0v) is 10.7. The Labute approximate surface area is 103 Å². The molecular weight excluding hydrogens is 215 g/mol. The van der Waals surface area contributed by atoms with E-state index in [0.29, 0.717) is 5.92 Å². The van der Waals surface area contributed by atoms with Crippen LogP contribution in [0.5, 0.6) is 0 Å². The zero-order chi connectivity index (χ0) is 12.3. The van der Waals surface area contributed by atoms with Gasteiger partial charge in [0.25, 0.3) is 0 Å². The lowest BCUT2D eigenvalue weighted by Crippen LogP contribution is -2.31. The highest BCUT2D eigenvalue weighted by molar-refractivity contribution is 5.53. The van der Waals surface area contributed by atoms with Crippen molar-refractivity contribution in [3.8, 4) is 0 Å². The highest BCUT2D eigenvalue weighted by Gasteiger charge is 2.17. The van der Waals surface area contributed by atoms with E-state index in [2.05, 4.69) is 5.32 Å². The van der Waals surface area contributed by atoms with Crippen molar-refractivity contribution in [2.24, 2.45) is 5.92 Å². The third-order valence-corrected chi connectivity index (χ3v) is 3.43. The van der Waals surface area contributed by atoms with Gasteiger partial charge < -0.3 is 10.2 Å². The summed E-state index contributed by atoms with van der Waals surface area (Å²) in [5.74, 6) is 0.528. The monoisotopic (exact) mass is 236 g/mol. The van der Waals surface area contributed by atoms with Crippen LogP contribution in [0.15, 0.2) is 18.2 Å². The molecule has 1 fully saturated rings. The van der Waals surface area contributed by atoms with Crippen molar-refractivity contribution in [3.05, 3.63) is 29.6 Å². The van der Waals surface area contributed by atoms with Gasteiger partial charge in [0, 0.05) is 14.1 Å². The number of hydrogen-bond acceptors (Lipinski definition) is 2. The molecule has 0 spiro atoms. The van der Waals surface area contributed by atoms with Gasteiger partial charge in [0.05, 0.1) is 5.69 Å². The van der Waals surface area contributed by atoms with E-state index in [4.69, 9.17) is 0 Å². The Morgan fingerprint density at radius 3 is 2.88 bits per heavy atom. The SMILES string of the molecule is CN(C)c1c(F)cccc1CC1CCCNC1. The number of benzene rings is 1. The summed E-state index contributed by atoms with van der Waals surface area (Å²) in [7, 11) is 3.81. The van der Waals surface area contributed by atoms with Crippen LogP contribution in [0.4, 0.5) is 10.1 Å². The van der Waals surface area contributed by atoms with Gasteiger partial charge in [0.2, 0.25) is 0 Å². The molecule has 1 atom stereocenters. The van der Waals surface area contributed by atoms with E-state index in [1.54, 1.807) is 0 Å². The predicted molar refractivity (Wildman–Crippen MR) is 70.0 cm³/mol. The highest BCUT2D eigenvalue weighted by atomic mass is 19.1. The van der Waals surface area contributed by atoms with Crippen LogP contribution < -0.4 is 10.2 Å². The molecule has 1 unspecified atom stereocenters. The van der Waals surface area contributed by atoms with Gasteiger partial charge in [0.15, 0.2) is 0 Å². The lowest BCUT2D eigenvalue weighted by atomic mass is 9.91. The summed E-state index contributed by atoms with van der Waals surface area (Å²) in [4.78, 5) is 1.88. The third-order valence-electron chi connectivity index (χ3n) is 3.43. The van der Waals surface area contributed by atoms with Gasteiger partial charge >= 0.3 is 0 Å². The third kappa shape index (κ3) is 2.97. The molecule has 3 heteroatoms. The van der Waals surface area contributed by atoms with Gasteiger partial charge in [-0.15, -0.1) is 0 Å². The van der Waals surface area contributed by atoms with Crippen molar-refractivity contribution in [3.63, 3.8) is 0 Å². The number of para-hydroxylation sites is 1. The molecule has 2 rings (SSSR count). The average molecular weight is 236 g/mol. The minimum atomic E-state index is -0.115. The van der Waals surface area contributed by atoms with E-state index in [1.807, 2.05) is 31.1 Å². The summed E-state index contributed by atoms with van der Waals surface area (Å²) in [6, 6.07) is 5.40. The maximum atomic E-state index is 13.8. The van der Waals surface area contributed by atoms with Gasteiger partial charge in [-0.05, 0) is 49.9 Å². The first-order valence-electron chi connectivity index (χ1n) is 6.34. The standard InChI is InChI=1S/C14H21FN2/c1-17(2)14-12(6-3-7-13(14)15)9-11-5-4-8-16-10-11/h3,6-7,11,16H,4-5,8-10H2,1-2H3. The number of anilines is 1. The Hall–Kier alpha value is -1.09. The largest absolute Gasteiger partial charge is 0.375 e. The number of halogens is 1. The molecule has 94 valence electrons. The van der Waals surface area contributed by atoms with Crippen LogP contribution >= 0.6 is 0 Å². The van der Waals surface area contributed by atoms with Gasteiger partial charge in [-0.2, -0.15) is 0 Å². The van der Waals surface area contributed by atoms with Crippen LogP contribution in [0.1, 0.15) is 18.4 Å². The first kappa shape index (κ1) is 12.4. The molecule has 0 amide bonds. The molecule has 0 aromatic heterocycles. The molecular formula is C14H21FN2. The second kappa shape index (κ2) is 5.50. The van der Waals surface area contributed by atoms with Crippen LogP contribution in [-0.4, -0.2) is 27.2 Å². The summed E-state index contributed by atoms with van der Waals surface area (Å²) in [6.07, 6.45) is 3.45. The average Bonchev–Trinajstić information content (AvgIpc) is 2.30. The maximum absolute atomic E-state index is 13.8. The van der Waals surface area contributed by atoms with E-state index in [9.17, 15) is 4.39 Å². The zero-order valence-electron chi connectivity index (χ0n) is 10.7. The number of nitrogens with zero attached hydrogens (tertiary/aromatic N) is 1. The Bertz CT molecular complexity index is 370. The van der Waals surface area contributed by atoms with Gasteiger partial charge in [0.1, 0.15) is 5.82 Å². The van der Waals surface area contributed by atoms with Crippen LogP contribution in [0, 0.1) is 11.7 Å². The Kier molecular flexibility index (Phi) is 4.00. The molecule has 17 heavy (non-hydrogen) atoms. The Morgan fingerprint density at radius 1 is 1.41 bits per heavy atom. The topological polar surface area (TPSA) is 15.3 Å². The van der Waals surface area contributed by atoms with Crippen LogP contribution in [0.25, 0.3) is 0 Å². The first-order valence-corrected chi connectivity index (χ1v) is 6.34. The molecule has 1 aliphatic heterocycles. The second-order valence-corrected chi connectivity index (χ2v) is 5.06. The van der Waals surface area contributed by atoms with Gasteiger partial charge in [-0.1, -0.05) is 12.1 Å². The number of hydrogen-bond donors (Lipinski definition) is 1. The fourth-order valence-corrected chi connectivity index (χ4v) is 2.63. The molecule has 0 aliphatic carbocycles. The lowest BCUT2D eigenvalue weighted by Gasteiger charge is -2.25. The van der Waals surface area contributed by atoms with Crippen molar-refractivity contribution in [1.29, 1.82) is 0 Å². The number of nitrogens with one attached hydrogen (secondary N) is 1. The maximum Gasteiger partial charge on any atom is 0.146 e. The highest BCUT2D eigenvalue weighted by Crippen LogP contribution is 2.26. The quantitative estimate of drug-likeness (QED) is 0.867. The molecule has 1 aliphatic rings. The van der Waals surface area contributed by atoms with Crippen LogP contribution in [0.2, 0.25) is 0 Å². The van der Waals surface area contributed by atoms with Crippen molar-refractivity contribution in [1.82, 2.24) is 5.32 Å². The summed E-state index contributed by atoms with van der Waals surface area (Å²) in [5, 5.41) is 3.41. The normalized spacial score (nSPS) is 20.3. The molecule has 0 bridgehead atoms.